The lowest BCUT2D eigenvalue weighted by Gasteiger charge is -2.19. The van der Waals surface area contributed by atoms with Crippen molar-refractivity contribution in [2.45, 2.75) is 19.0 Å². The van der Waals surface area contributed by atoms with E-state index in [9.17, 15) is 10.1 Å². The van der Waals surface area contributed by atoms with E-state index in [4.69, 9.17) is 0 Å². The van der Waals surface area contributed by atoms with Crippen LogP contribution in [-0.2, 0) is 4.79 Å². The highest BCUT2D eigenvalue weighted by atomic mass is 32.2. The molecule has 156 valence electrons. The molecule has 1 aliphatic heterocycles. The maximum absolute atomic E-state index is 13.1. The number of thioether (sulfide) groups is 1. The molecule has 2 aromatic carbocycles. The second-order valence-electron chi connectivity index (χ2n) is 7.43. The summed E-state index contributed by atoms with van der Waals surface area (Å²) in [5.41, 5.74) is 5.50. The van der Waals surface area contributed by atoms with E-state index in [0.29, 0.717) is 5.82 Å². The molecule has 3 aromatic rings. The molecule has 1 aromatic heterocycles. The number of aryl methyl sites for hydroxylation is 1. The Bertz CT molecular complexity index is 1210. The van der Waals surface area contributed by atoms with Crippen molar-refractivity contribution in [1.82, 2.24) is 9.55 Å². The number of rotatable bonds is 5. The third-order valence-electron chi connectivity index (χ3n) is 5.63. The lowest BCUT2D eigenvalue weighted by molar-refractivity contribution is -0.112. The minimum atomic E-state index is -0.218. The van der Waals surface area contributed by atoms with E-state index in [0.717, 1.165) is 22.2 Å². The van der Waals surface area contributed by atoms with E-state index in [1.165, 1.54) is 22.9 Å². The molecule has 0 aliphatic carbocycles. The number of hydrogen-bond donors (Lipinski definition) is 0. The molecule has 4 rings (SSSR count). The molecule has 31 heavy (non-hydrogen) atoms. The van der Waals surface area contributed by atoms with E-state index >= 15 is 0 Å². The highest BCUT2D eigenvalue weighted by Gasteiger charge is 2.31. The summed E-state index contributed by atoms with van der Waals surface area (Å²) < 4.78 is 1.99. The van der Waals surface area contributed by atoms with Crippen molar-refractivity contribution >= 4 is 28.9 Å². The Balaban J connectivity index is 1.59. The Morgan fingerprint density at radius 1 is 1.03 bits per heavy atom. The summed E-state index contributed by atoms with van der Waals surface area (Å²) in [5.74, 6) is 0.517. The van der Waals surface area contributed by atoms with Gasteiger partial charge in [-0.3, -0.25) is 9.36 Å². The van der Waals surface area contributed by atoms with Crippen LogP contribution in [-0.4, -0.2) is 35.2 Å². The first-order valence-electron chi connectivity index (χ1n) is 9.90. The van der Waals surface area contributed by atoms with Gasteiger partial charge in [-0.1, -0.05) is 36.0 Å². The molecule has 0 N–H and O–H groups in total. The predicted molar refractivity (Wildman–Crippen MR) is 125 cm³/mol. The van der Waals surface area contributed by atoms with Crippen LogP contribution in [0, 0.1) is 25.2 Å². The average Bonchev–Trinajstić information content (AvgIpc) is 3.33. The standard InChI is InChI=1S/C24H23N5OS/c1-16-8-7-11-19(17(16)2)29-13-12-26-24(29)31-15-22(30)18(14-25)23-27(3)20-9-5-6-10-21(20)28(23)4/h5-13H,15H2,1-4H3. The second-order valence-corrected chi connectivity index (χ2v) is 8.37. The number of Topliss-reactive ketones (excluding diaryl/α,β-unsaturated/α-hetero) is 1. The Morgan fingerprint density at radius 3 is 2.32 bits per heavy atom. The van der Waals surface area contributed by atoms with Crippen molar-refractivity contribution in [3.05, 3.63) is 77.4 Å². The van der Waals surface area contributed by atoms with Crippen molar-refractivity contribution < 1.29 is 4.79 Å². The van der Waals surface area contributed by atoms with Gasteiger partial charge in [0, 0.05) is 26.5 Å². The summed E-state index contributed by atoms with van der Waals surface area (Å²) >= 11 is 1.34. The number of nitriles is 1. The molecule has 0 saturated carbocycles. The second kappa shape index (κ2) is 8.32. The summed E-state index contributed by atoms with van der Waals surface area (Å²) in [4.78, 5) is 21.3. The number of anilines is 2. The number of imidazole rings is 1. The molecule has 1 aliphatic rings. The van der Waals surface area contributed by atoms with Crippen molar-refractivity contribution in [2.24, 2.45) is 0 Å². The van der Waals surface area contributed by atoms with Crippen LogP contribution in [0.3, 0.4) is 0 Å². The van der Waals surface area contributed by atoms with Crippen LogP contribution in [0.25, 0.3) is 5.69 Å². The van der Waals surface area contributed by atoms with Crippen LogP contribution < -0.4 is 9.80 Å². The number of nitrogens with zero attached hydrogens (tertiary/aromatic N) is 5. The molecule has 0 saturated heterocycles. The molecule has 0 atom stereocenters. The molecule has 7 heteroatoms. The first kappa shape index (κ1) is 20.8. The number of carbonyl (C=O) groups is 1. The molecule has 0 unspecified atom stereocenters. The van der Waals surface area contributed by atoms with Gasteiger partial charge < -0.3 is 9.80 Å². The smallest absolute Gasteiger partial charge is 0.187 e. The molecular formula is C24H23N5OS. The van der Waals surface area contributed by atoms with Crippen LogP contribution in [0.1, 0.15) is 11.1 Å². The normalized spacial score (nSPS) is 12.7. The fourth-order valence-corrected chi connectivity index (χ4v) is 4.67. The topological polar surface area (TPSA) is 65.2 Å². The van der Waals surface area contributed by atoms with E-state index in [2.05, 4.69) is 31.0 Å². The van der Waals surface area contributed by atoms with Gasteiger partial charge in [0.1, 0.15) is 17.5 Å². The van der Waals surface area contributed by atoms with Gasteiger partial charge in [-0.15, -0.1) is 0 Å². The lowest BCUT2D eigenvalue weighted by atomic mass is 10.1. The zero-order chi connectivity index (χ0) is 22.1. The maximum atomic E-state index is 13.1. The number of hydrogen-bond acceptors (Lipinski definition) is 6. The first-order chi connectivity index (χ1) is 14.9. The first-order valence-corrected chi connectivity index (χ1v) is 10.9. The molecule has 0 radical (unpaired) electrons. The van der Waals surface area contributed by atoms with Crippen LogP contribution in [0.15, 0.2) is 71.4 Å². The maximum Gasteiger partial charge on any atom is 0.187 e. The van der Waals surface area contributed by atoms with Crippen LogP contribution in [0.4, 0.5) is 11.4 Å². The van der Waals surface area contributed by atoms with Crippen molar-refractivity contribution in [2.75, 3.05) is 29.6 Å². The molecule has 0 fully saturated rings. The highest BCUT2D eigenvalue weighted by Crippen LogP contribution is 2.40. The van der Waals surface area contributed by atoms with Gasteiger partial charge in [-0.25, -0.2) is 4.98 Å². The van der Waals surface area contributed by atoms with Gasteiger partial charge >= 0.3 is 0 Å². The Labute approximate surface area is 186 Å². The minimum Gasteiger partial charge on any atom is -0.328 e. The minimum absolute atomic E-state index is 0.131. The zero-order valence-electron chi connectivity index (χ0n) is 18.0. The van der Waals surface area contributed by atoms with E-state index < -0.39 is 0 Å². The molecule has 0 bridgehead atoms. The third kappa shape index (κ3) is 3.60. The summed E-state index contributed by atoms with van der Waals surface area (Å²) in [6, 6.07) is 16.1. The number of aromatic nitrogens is 2. The number of para-hydroxylation sites is 2. The van der Waals surface area contributed by atoms with Gasteiger partial charge in [-0.05, 0) is 43.2 Å². The Kier molecular flexibility index (Phi) is 5.57. The fourth-order valence-electron chi connectivity index (χ4n) is 3.84. The number of carbonyl (C=O) groups excluding carboxylic acids is 1. The van der Waals surface area contributed by atoms with Crippen molar-refractivity contribution in [3.8, 4) is 11.8 Å². The molecule has 0 amide bonds. The van der Waals surface area contributed by atoms with Crippen molar-refractivity contribution in [1.29, 1.82) is 5.26 Å². The van der Waals surface area contributed by atoms with Gasteiger partial charge in [0.25, 0.3) is 0 Å². The van der Waals surface area contributed by atoms with E-state index in [-0.39, 0.29) is 17.1 Å². The fraction of sp³-hybridized carbons (Fsp3) is 0.208. The largest absolute Gasteiger partial charge is 0.328 e. The number of ketones is 1. The number of benzene rings is 2. The quantitative estimate of drug-likeness (QED) is 0.339. The third-order valence-corrected chi connectivity index (χ3v) is 6.60. The summed E-state index contributed by atoms with van der Waals surface area (Å²) in [5, 5.41) is 10.5. The molecule has 2 heterocycles. The number of allylic oxidation sites excluding steroid dienone is 1. The lowest BCUT2D eigenvalue weighted by Crippen LogP contribution is -2.26. The summed E-state index contributed by atoms with van der Waals surface area (Å²) in [6.07, 6.45) is 3.63. The highest BCUT2D eigenvalue weighted by molar-refractivity contribution is 7.99. The van der Waals surface area contributed by atoms with Crippen LogP contribution >= 0.6 is 11.8 Å². The average molecular weight is 430 g/mol. The van der Waals surface area contributed by atoms with E-state index in [1.54, 1.807) is 6.20 Å². The summed E-state index contributed by atoms with van der Waals surface area (Å²) in [7, 11) is 3.76. The van der Waals surface area contributed by atoms with Gasteiger partial charge in [0.2, 0.25) is 0 Å². The molecule has 6 nitrogen and oxygen atoms in total. The van der Waals surface area contributed by atoms with Crippen LogP contribution in [0.5, 0.6) is 0 Å². The number of fused-ring (bicyclic) bond motifs is 1. The summed E-state index contributed by atoms with van der Waals surface area (Å²) in [6.45, 7) is 4.15. The van der Waals surface area contributed by atoms with Crippen molar-refractivity contribution in [3.63, 3.8) is 0 Å². The zero-order valence-corrected chi connectivity index (χ0v) is 18.8. The Morgan fingerprint density at radius 2 is 1.68 bits per heavy atom. The van der Waals surface area contributed by atoms with Gasteiger partial charge in [0.05, 0.1) is 22.8 Å². The SMILES string of the molecule is Cc1cccc(-n2ccnc2SCC(=O)C(C#N)=C2N(C)c3ccccc3N2C)c1C. The van der Waals surface area contributed by atoms with Gasteiger partial charge in [-0.2, -0.15) is 5.26 Å². The van der Waals surface area contributed by atoms with Crippen LogP contribution in [0.2, 0.25) is 0 Å². The Hall–Kier alpha value is -3.50. The molecule has 0 spiro atoms. The molecular weight excluding hydrogens is 406 g/mol. The van der Waals surface area contributed by atoms with E-state index in [1.807, 2.05) is 71.1 Å². The monoisotopic (exact) mass is 429 g/mol. The van der Waals surface area contributed by atoms with Gasteiger partial charge in [0.15, 0.2) is 10.9 Å². The predicted octanol–water partition coefficient (Wildman–Crippen LogP) is 4.47.